The fraction of sp³-hybridized carbons (Fsp3) is 0.600. The molecule has 0 saturated carbocycles. The van der Waals surface area contributed by atoms with Crippen LogP contribution in [0.3, 0.4) is 0 Å². The van der Waals surface area contributed by atoms with Gasteiger partial charge in [-0.25, -0.2) is 4.98 Å². The lowest BCUT2D eigenvalue weighted by Crippen LogP contribution is -1.94. The lowest BCUT2D eigenvalue weighted by molar-refractivity contribution is -0.129. The van der Waals surface area contributed by atoms with Crippen LogP contribution >= 0.6 is 11.3 Å². The Hall–Kier alpha value is -0.900. The van der Waals surface area contributed by atoms with Crippen molar-refractivity contribution in [2.24, 2.45) is 0 Å². The van der Waals surface area contributed by atoms with Crippen LogP contribution in [0.5, 0.6) is 0 Å². The van der Waals surface area contributed by atoms with Crippen molar-refractivity contribution < 1.29 is 9.53 Å². The number of carbonyl (C=O) groups is 1. The molecular formula is C10H15NO2S. The van der Waals surface area contributed by atoms with E-state index in [1.54, 1.807) is 11.3 Å². The van der Waals surface area contributed by atoms with Crippen LogP contribution in [0.15, 0.2) is 5.51 Å². The minimum Gasteiger partial charge on any atom is -0.462 e. The van der Waals surface area contributed by atoms with Crippen molar-refractivity contribution in [3.8, 4) is 0 Å². The van der Waals surface area contributed by atoms with Gasteiger partial charge < -0.3 is 4.74 Å². The maximum atomic E-state index is 10.0. The number of carbonyl (C=O) groups excluding carboxylic acids is 1. The molecule has 0 N–H and O–H groups in total. The molecule has 0 aliphatic heterocycles. The summed E-state index contributed by atoms with van der Waals surface area (Å²) in [5.74, 6) is 0. The maximum absolute atomic E-state index is 10.0. The molecule has 1 heterocycles. The predicted octanol–water partition coefficient (Wildman–Crippen LogP) is 2.55. The molecular weight excluding hydrogens is 198 g/mol. The summed E-state index contributed by atoms with van der Waals surface area (Å²) >= 11 is 1.55. The Morgan fingerprint density at radius 2 is 2.43 bits per heavy atom. The first-order chi connectivity index (χ1) is 6.88. The normalized spacial score (nSPS) is 10.1. The fourth-order valence-corrected chi connectivity index (χ4v) is 2.00. The highest BCUT2D eigenvalue weighted by atomic mass is 32.1. The van der Waals surface area contributed by atoms with Gasteiger partial charge >= 0.3 is 0 Å². The van der Waals surface area contributed by atoms with Gasteiger partial charge in [-0.05, 0) is 12.8 Å². The first-order valence-corrected chi connectivity index (χ1v) is 5.73. The van der Waals surface area contributed by atoms with Crippen LogP contribution in [-0.2, 0) is 22.6 Å². The van der Waals surface area contributed by atoms with Crippen LogP contribution in [-0.4, -0.2) is 11.5 Å². The molecule has 0 unspecified atom stereocenters. The summed E-state index contributed by atoms with van der Waals surface area (Å²) in [4.78, 5) is 15.4. The van der Waals surface area contributed by atoms with Crippen molar-refractivity contribution >= 4 is 17.8 Å². The summed E-state index contributed by atoms with van der Waals surface area (Å²) < 4.78 is 4.71. The van der Waals surface area contributed by atoms with Crippen molar-refractivity contribution in [3.05, 3.63) is 16.1 Å². The van der Waals surface area contributed by atoms with Gasteiger partial charge in [-0.2, -0.15) is 0 Å². The predicted molar refractivity (Wildman–Crippen MR) is 56.2 cm³/mol. The minimum absolute atomic E-state index is 0.371. The summed E-state index contributed by atoms with van der Waals surface area (Å²) in [7, 11) is 0. The van der Waals surface area contributed by atoms with E-state index in [0.29, 0.717) is 13.1 Å². The zero-order valence-corrected chi connectivity index (χ0v) is 9.18. The average Bonchev–Trinajstić information content (AvgIpc) is 2.63. The van der Waals surface area contributed by atoms with E-state index in [0.717, 1.165) is 23.4 Å². The van der Waals surface area contributed by atoms with Crippen LogP contribution in [0.2, 0.25) is 0 Å². The molecule has 1 aromatic heterocycles. The molecule has 0 aliphatic carbocycles. The number of rotatable bonds is 7. The Balaban J connectivity index is 2.40. The van der Waals surface area contributed by atoms with E-state index >= 15 is 0 Å². The van der Waals surface area contributed by atoms with Crippen molar-refractivity contribution in [2.45, 2.75) is 39.2 Å². The summed E-state index contributed by atoms with van der Waals surface area (Å²) in [5.41, 5.74) is 2.90. The fourth-order valence-electron chi connectivity index (χ4n) is 1.27. The Kier molecular flexibility index (Phi) is 5.22. The third-order valence-electron chi connectivity index (χ3n) is 2.02. The van der Waals surface area contributed by atoms with Gasteiger partial charge in [0.05, 0.1) is 16.1 Å². The summed E-state index contributed by atoms with van der Waals surface area (Å²) in [6.45, 7) is 3.03. The molecule has 0 amide bonds. The molecule has 0 aliphatic rings. The lowest BCUT2D eigenvalue weighted by Gasteiger charge is -2.00. The monoisotopic (exact) mass is 213 g/mol. The third-order valence-corrected chi connectivity index (χ3v) is 2.87. The molecule has 3 nitrogen and oxygen atoms in total. The van der Waals surface area contributed by atoms with Gasteiger partial charge in [-0.15, -0.1) is 11.3 Å². The van der Waals surface area contributed by atoms with Crippen LogP contribution < -0.4 is 0 Å². The topological polar surface area (TPSA) is 39.2 Å². The smallest absolute Gasteiger partial charge is 0.293 e. The third kappa shape index (κ3) is 3.46. The molecule has 0 saturated heterocycles. The van der Waals surface area contributed by atoms with Crippen molar-refractivity contribution in [1.29, 1.82) is 0 Å². The zero-order valence-electron chi connectivity index (χ0n) is 8.36. The van der Waals surface area contributed by atoms with E-state index in [1.165, 1.54) is 12.8 Å². The molecule has 0 aromatic carbocycles. The number of unbranched alkanes of at least 4 members (excludes halogenated alkanes) is 2. The average molecular weight is 213 g/mol. The van der Waals surface area contributed by atoms with Gasteiger partial charge in [0.15, 0.2) is 0 Å². The number of nitrogens with zero attached hydrogens (tertiary/aromatic N) is 1. The number of aryl methyl sites for hydroxylation is 1. The van der Waals surface area contributed by atoms with Crippen LogP contribution in [0.25, 0.3) is 0 Å². The molecule has 1 rings (SSSR count). The summed E-state index contributed by atoms with van der Waals surface area (Å²) in [5, 5.41) is 0. The highest BCUT2D eigenvalue weighted by Gasteiger charge is 2.05. The quantitative estimate of drug-likeness (QED) is 0.516. The number of thiazole rings is 1. The number of hydrogen-bond donors (Lipinski definition) is 0. The minimum atomic E-state index is 0.371. The summed E-state index contributed by atoms with van der Waals surface area (Å²) in [6.07, 6.45) is 4.60. The Morgan fingerprint density at radius 1 is 1.57 bits per heavy atom. The first kappa shape index (κ1) is 11.2. The van der Waals surface area contributed by atoms with E-state index in [2.05, 4.69) is 11.9 Å². The van der Waals surface area contributed by atoms with Crippen molar-refractivity contribution in [3.63, 3.8) is 0 Å². The van der Waals surface area contributed by atoms with Gasteiger partial charge in [0, 0.05) is 0 Å². The molecule has 0 atom stereocenters. The number of ether oxygens (including phenoxy) is 1. The molecule has 1 aromatic rings. The molecule has 0 bridgehead atoms. The maximum Gasteiger partial charge on any atom is 0.293 e. The lowest BCUT2D eigenvalue weighted by atomic mass is 10.1. The Labute approximate surface area is 88.1 Å². The van der Waals surface area contributed by atoms with Crippen LogP contribution in [0.1, 0.15) is 36.8 Å². The Bertz CT molecular complexity index is 273. The number of aromatic nitrogens is 1. The second-order valence-corrected chi connectivity index (χ2v) is 4.03. The van der Waals surface area contributed by atoms with Gasteiger partial charge in [0.1, 0.15) is 6.61 Å². The van der Waals surface area contributed by atoms with E-state index in [9.17, 15) is 4.79 Å². The van der Waals surface area contributed by atoms with E-state index in [-0.39, 0.29) is 0 Å². The first-order valence-electron chi connectivity index (χ1n) is 4.85. The van der Waals surface area contributed by atoms with E-state index < -0.39 is 0 Å². The van der Waals surface area contributed by atoms with Crippen molar-refractivity contribution in [2.75, 3.05) is 0 Å². The van der Waals surface area contributed by atoms with E-state index in [4.69, 9.17) is 4.74 Å². The van der Waals surface area contributed by atoms with Gasteiger partial charge in [0.25, 0.3) is 6.47 Å². The van der Waals surface area contributed by atoms with Gasteiger partial charge in [-0.3, -0.25) is 4.79 Å². The largest absolute Gasteiger partial charge is 0.462 e. The molecule has 0 fully saturated rings. The second-order valence-electron chi connectivity index (χ2n) is 3.09. The van der Waals surface area contributed by atoms with Crippen LogP contribution in [0.4, 0.5) is 0 Å². The standard InChI is InChI=1S/C10H15NO2S/c1-2-3-4-5-9-10(6-13-8-12)14-7-11-9/h7-8H,2-6H2,1H3. The Morgan fingerprint density at radius 3 is 3.14 bits per heavy atom. The van der Waals surface area contributed by atoms with E-state index in [1.807, 2.05) is 5.51 Å². The SMILES string of the molecule is CCCCCc1ncsc1COC=O. The van der Waals surface area contributed by atoms with Crippen molar-refractivity contribution in [1.82, 2.24) is 4.98 Å². The highest BCUT2D eigenvalue weighted by molar-refractivity contribution is 7.09. The van der Waals surface area contributed by atoms with Crippen LogP contribution in [0, 0.1) is 0 Å². The molecule has 14 heavy (non-hydrogen) atoms. The highest BCUT2D eigenvalue weighted by Crippen LogP contribution is 2.16. The number of hydrogen-bond acceptors (Lipinski definition) is 4. The molecule has 0 spiro atoms. The second kappa shape index (κ2) is 6.54. The summed E-state index contributed by atoms with van der Waals surface area (Å²) in [6, 6.07) is 0. The zero-order chi connectivity index (χ0) is 10.2. The van der Waals surface area contributed by atoms with Gasteiger partial charge in [-0.1, -0.05) is 19.8 Å². The molecule has 78 valence electrons. The van der Waals surface area contributed by atoms with Gasteiger partial charge in [0.2, 0.25) is 0 Å². The molecule has 4 heteroatoms. The molecule has 0 radical (unpaired) electrons.